The highest BCUT2D eigenvalue weighted by Gasteiger charge is 2.27. The first-order chi connectivity index (χ1) is 8.98. The number of allylic oxidation sites excluding steroid dienone is 2. The number of nitrogens with zero attached hydrogens (tertiary/aromatic N) is 1. The maximum atomic E-state index is 12.3. The van der Waals surface area contributed by atoms with Crippen LogP contribution in [-0.2, 0) is 14.3 Å². The second kappa shape index (κ2) is 5.95. The first-order valence-electron chi connectivity index (χ1n) is 7.23. The first kappa shape index (κ1) is 14.4. The molecule has 1 heterocycles. The van der Waals surface area contributed by atoms with Crippen molar-refractivity contribution in [3.8, 4) is 0 Å². The monoisotopic (exact) mass is 267 g/mol. The third-order valence-electron chi connectivity index (χ3n) is 3.79. The van der Waals surface area contributed by atoms with Crippen LogP contribution in [0.25, 0.3) is 0 Å². The van der Waals surface area contributed by atoms with E-state index in [0.29, 0.717) is 26.3 Å². The quantitative estimate of drug-likeness (QED) is 0.788. The van der Waals surface area contributed by atoms with Crippen LogP contribution in [0.1, 0.15) is 40.0 Å². The number of rotatable bonds is 3. The van der Waals surface area contributed by atoms with Gasteiger partial charge < -0.3 is 14.4 Å². The van der Waals surface area contributed by atoms with Gasteiger partial charge in [-0.15, -0.1) is 0 Å². The van der Waals surface area contributed by atoms with Crippen molar-refractivity contribution in [3.05, 3.63) is 11.8 Å². The molecule has 1 amide bonds. The molecule has 1 saturated heterocycles. The maximum Gasteiger partial charge on any atom is 0.263 e. The minimum Gasteiger partial charge on any atom is -0.486 e. The molecule has 1 atom stereocenters. The van der Waals surface area contributed by atoms with Gasteiger partial charge in [0.25, 0.3) is 5.91 Å². The number of ether oxygens (including phenoxy) is 2. The fourth-order valence-electron chi connectivity index (χ4n) is 2.71. The van der Waals surface area contributed by atoms with Crippen LogP contribution in [-0.4, -0.2) is 43.2 Å². The van der Waals surface area contributed by atoms with Crippen LogP contribution in [0.3, 0.4) is 0 Å². The average Bonchev–Trinajstić information content (AvgIpc) is 2.37. The van der Waals surface area contributed by atoms with Crippen LogP contribution in [0.4, 0.5) is 0 Å². The molecule has 2 aliphatic rings. The molecule has 0 aromatic rings. The predicted octanol–water partition coefficient (Wildman–Crippen LogP) is 2.34. The molecule has 1 aliphatic heterocycles. The highest BCUT2D eigenvalue weighted by Crippen LogP contribution is 2.33. The molecule has 1 unspecified atom stereocenters. The summed E-state index contributed by atoms with van der Waals surface area (Å²) < 4.78 is 11.1. The number of carbonyl (C=O) groups excluding carboxylic acids is 1. The topological polar surface area (TPSA) is 38.8 Å². The fourth-order valence-corrected chi connectivity index (χ4v) is 2.71. The molecule has 0 saturated carbocycles. The molecule has 19 heavy (non-hydrogen) atoms. The molecular weight excluding hydrogens is 242 g/mol. The molecular formula is C15H25NO3. The lowest BCUT2D eigenvalue weighted by atomic mass is 9.82. The molecule has 1 fully saturated rings. The Morgan fingerprint density at radius 3 is 2.74 bits per heavy atom. The van der Waals surface area contributed by atoms with E-state index in [1.807, 2.05) is 11.8 Å². The van der Waals surface area contributed by atoms with E-state index in [9.17, 15) is 4.79 Å². The number of hydrogen-bond donors (Lipinski definition) is 0. The lowest BCUT2D eigenvalue weighted by Crippen LogP contribution is -2.45. The summed E-state index contributed by atoms with van der Waals surface area (Å²) in [6.45, 7) is 8.89. The molecule has 108 valence electrons. The van der Waals surface area contributed by atoms with Gasteiger partial charge in [-0.05, 0) is 31.3 Å². The van der Waals surface area contributed by atoms with Gasteiger partial charge in [-0.3, -0.25) is 4.79 Å². The van der Waals surface area contributed by atoms with E-state index >= 15 is 0 Å². The minimum absolute atomic E-state index is 0.0765. The average molecular weight is 267 g/mol. The van der Waals surface area contributed by atoms with Gasteiger partial charge in [-0.1, -0.05) is 13.8 Å². The summed E-state index contributed by atoms with van der Waals surface area (Å²) in [5.41, 5.74) is 0.190. The highest BCUT2D eigenvalue weighted by atomic mass is 16.5. The van der Waals surface area contributed by atoms with Crippen LogP contribution in [0, 0.1) is 5.41 Å². The first-order valence-corrected chi connectivity index (χ1v) is 7.23. The summed E-state index contributed by atoms with van der Waals surface area (Å²) in [6.07, 6.45) is 5.06. The second-order valence-electron chi connectivity index (χ2n) is 6.15. The Bertz CT molecular complexity index is 356. The second-order valence-corrected chi connectivity index (χ2v) is 6.15. The van der Waals surface area contributed by atoms with Crippen LogP contribution < -0.4 is 0 Å². The van der Waals surface area contributed by atoms with Crippen molar-refractivity contribution in [1.82, 2.24) is 4.90 Å². The van der Waals surface area contributed by atoms with Gasteiger partial charge in [0.1, 0.15) is 0 Å². The Morgan fingerprint density at radius 2 is 2.11 bits per heavy atom. The standard InChI is InChI=1S/C15H25NO3/c1-12(14(17)16-7-9-18-10-8-16)19-13-5-4-6-15(2,3)11-13/h11-12H,4-10H2,1-3H3. The van der Waals surface area contributed by atoms with Gasteiger partial charge in [0.15, 0.2) is 6.10 Å². The molecule has 0 bridgehead atoms. The molecule has 0 radical (unpaired) electrons. The zero-order valence-electron chi connectivity index (χ0n) is 12.3. The van der Waals surface area contributed by atoms with E-state index in [1.54, 1.807) is 0 Å². The third kappa shape index (κ3) is 3.96. The van der Waals surface area contributed by atoms with E-state index < -0.39 is 6.10 Å². The lowest BCUT2D eigenvalue weighted by Gasteiger charge is -2.32. The Balaban J connectivity index is 1.91. The van der Waals surface area contributed by atoms with E-state index in [-0.39, 0.29) is 11.3 Å². The van der Waals surface area contributed by atoms with Crippen molar-refractivity contribution < 1.29 is 14.3 Å². The summed E-state index contributed by atoms with van der Waals surface area (Å²) in [5.74, 6) is 1.05. The maximum absolute atomic E-state index is 12.3. The zero-order valence-corrected chi connectivity index (χ0v) is 12.3. The van der Waals surface area contributed by atoms with Crippen LogP contribution >= 0.6 is 0 Å². The third-order valence-corrected chi connectivity index (χ3v) is 3.79. The Kier molecular flexibility index (Phi) is 4.50. The van der Waals surface area contributed by atoms with E-state index in [2.05, 4.69) is 19.9 Å². The van der Waals surface area contributed by atoms with Crippen molar-refractivity contribution >= 4 is 5.91 Å². The SMILES string of the molecule is CC(OC1=CC(C)(C)CCC1)C(=O)N1CCOCC1. The van der Waals surface area contributed by atoms with E-state index in [4.69, 9.17) is 9.47 Å². The molecule has 0 spiro atoms. The van der Waals surface area contributed by atoms with Gasteiger partial charge >= 0.3 is 0 Å². The predicted molar refractivity (Wildman–Crippen MR) is 73.7 cm³/mol. The molecule has 0 aromatic carbocycles. The van der Waals surface area contributed by atoms with Gasteiger partial charge in [-0.2, -0.15) is 0 Å². The number of hydrogen-bond acceptors (Lipinski definition) is 3. The summed E-state index contributed by atoms with van der Waals surface area (Å²) in [7, 11) is 0. The van der Waals surface area contributed by atoms with Crippen molar-refractivity contribution in [2.24, 2.45) is 5.41 Å². The number of morpholine rings is 1. The van der Waals surface area contributed by atoms with Gasteiger partial charge in [0.2, 0.25) is 0 Å². The summed E-state index contributed by atoms with van der Waals surface area (Å²) in [5, 5.41) is 0. The van der Waals surface area contributed by atoms with Crippen molar-refractivity contribution in [1.29, 1.82) is 0 Å². The van der Waals surface area contributed by atoms with Crippen LogP contribution in [0.5, 0.6) is 0 Å². The van der Waals surface area contributed by atoms with Crippen LogP contribution in [0.15, 0.2) is 11.8 Å². The van der Waals surface area contributed by atoms with Crippen molar-refractivity contribution in [2.75, 3.05) is 26.3 Å². The van der Waals surface area contributed by atoms with Gasteiger partial charge in [-0.25, -0.2) is 0 Å². The van der Waals surface area contributed by atoms with Crippen molar-refractivity contribution in [2.45, 2.75) is 46.1 Å². The molecule has 2 rings (SSSR count). The summed E-state index contributed by atoms with van der Waals surface area (Å²) in [6, 6.07) is 0. The molecule has 4 nitrogen and oxygen atoms in total. The molecule has 4 heteroatoms. The summed E-state index contributed by atoms with van der Waals surface area (Å²) >= 11 is 0. The smallest absolute Gasteiger partial charge is 0.263 e. The lowest BCUT2D eigenvalue weighted by molar-refractivity contribution is -0.144. The molecule has 0 aromatic heterocycles. The number of amides is 1. The van der Waals surface area contributed by atoms with Gasteiger partial charge in [0, 0.05) is 19.5 Å². The summed E-state index contributed by atoms with van der Waals surface area (Å²) in [4.78, 5) is 14.1. The Morgan fingerprint density at radius 1 is 1.42 bits per heavy atom. The zero-order chi connectivity index (χ0) is 13.9. The minimum atomic E-state index is -0.391. The molecule has 0 N–H and O–H groups in total. The van der Waals surface area contributed by atoms with E-state index in [1.165, 1.54) is 6.42 Å². The van der Waals surface area contributed by atoms with E-state index in [0.717, 1.165) is 18.6 Å². The largest absolute Gasteiger partial charge is 0.486 e. The normalized spacial score (nSPS) is 24.6. The molecule has 1 aliphatic carbocycles. The van der Waals surface area contributed by atoms with Gasteiger partial charge in [0.05, 0.1) is 19.0 Å². The van der Waals surface area contributed by atoms with Crippen molar-refractivity contribution in [3.63, 3.8) is 0 Å². The Labute approximate surface area is 115 Å². The van der Waals surface area contributed by atoms with Crippen LogP contribution in [0.2, 0.25) is 0 Å². The highest BCUT2D eigenvalue weighted by molar-refractivity contribution is 5.80. The fraction of sp³-hybridized carbons (Fsp3) is 0.800. The number of carbonyl (C=O) groups is 1. The Hall–Kier alpha value is -1.03.